The van der Waals surface area contributed by atoms with Crippen molar-refractivity contribution in [1.29, 1.82) is 0 Å². The molecule has 200 valence electrons. The van der Waals surface area contributed by atoms with Gasteiger partial charge in [0.1, 0.15) is 11.7 Å². The Balaban J connectivity index is 1.41. The quantitative estimate of drug-likeness (QED) is 0.367. The number of piperidine rings is 1. The van der Waals surface area contributed by atoms with Gasteiger partial charge in [0.25, 0.3) is 0 Å². The Kier molecular flexibility index (Phi) is 6.61. The second-order valence-corrected chi connectivity index (χ2v) is 9.90. The van der Waals surface area contributed by atoms with Gasteiger partial charge >= 0.3 is 0 Å². The Morgan fingerprint density at radius 2 is 1.95 bits per heavy atom. The Morgan fingerprint density at radius 3 is 2.74 bits per heavy atom. The number of halogens is 3. The lowest BCUT2D eigenvalue weighted by molar-refractivity contribution is 0.112. The highest BCUT2D eigenvalue weighted by molar-refractivity contribution is 6.10. The van der Waals surface area contributed by atoms with Crippen LogP contribution in [-0.2, 0) is 0 Å². The van der Waals surface area contributed by atoms with Gasteiger partial charge in [-0.1, -0.05) is 6.58 Å². The number of anilines is 2. The van der Waals surface area contributed by atoms with E-state index in [9.17, 15) is 18.3 Å². The molecule has 0 spiro atoms. The number of hydrogen-bond acceptors (Lipinski definition) is 8. The summed E-state index contributed by atoms with van der Waals surface area (Å²) in [5.74, 6) is -3.33. The van der Waals surface area contributed by atoms with E-state index in [4.69, 9.17) is 4.99 Å². The minimum Gasteiger partial charge on any atom is -0.390 e. The summed E-state index contributed by atoms with van der Waals surface area (Å²) in [5.41, 5.74) is 4.69. The summed E-state index contributed by atoms with van der Waals surface area (Å²) >= 11 is 0. The van der Waals surface area contributed by atoms with Crippen molar-refractivity contribution < 1.29 is 18.3 Å². The van der Waals surface area contributed by atoms with Crippen molar-refractivity contribution in [3.63, 3.8) is 0 Å². The van der Waals surface area contributed by atoms with Crippen LogP contribution in [0.2, 0.25) is 0 Å². The maximum absolute atomic E-state index is 14.2. The van der Waals surface area contributed by atoms with Gasteiger partial charge in [-0.15, -0.1) is 0 Å². The first-order chi connectivity index (χ1) is 18.9. The number of fused-ring (bicyclic) bond motifs is 1. The van der Waals surface area contributed by atoms with E-state index in [2.05, 4.69) is 37.5 Å². The van der Waals surface area contributed by atoms with Crippen LogP contribution in [0.5, 0.6) is 0 Å². The van der Waals surface area contributed by atoms with Gasteiger partial charge in [0.2, 0.25) is 11.8 Å². The topological polar surface area (TPSA) is 107 Å². The zero-order chi connectivity index (χ0) is 27.1. The van der Waals surface area contributed by atoms with Crippen molar-refractivity contribution in [1.82, 2.24) is 25.6 Å². The second kappa shape index (κ2) is 10.2. The van der Waals surface area contributed by atoms with E-state index < -0.39 is 29.5 Å². The average Bonchev–Trinajstić information content (AvgIpc) is 3.78. The minimum absolute atomic E-state index is 0.121. The summed E-state index contributed by atoms with van der Waals surface area (Å²) in [6.45, 7) is 5.52. The third-order valence-corrected chi connectivity index (χ3v) is 7.07. The molecule has 1 saturated heterocycles. The third-order valence-electron chi connectivity index (χ3n) is 7.07. The molecule has 3 aromatic rings. The molecule has 0 radical (unpaired) electrons. The van der Waals surface area contributed by atoms with Crippen LogP contribution in [0.15, 0.2) is 54.4 Å². The van der Waals surface area contributed by atoms with E-state index in [-0.39, 0.29) is 11.9 Å². The SMILES string of the molecule is C=C1C=C(c2ccnc(Nc3nc(F)cc(F)c3F)c2)N=C(NC2CCNC[C@H]2O)c2c1cncc2C1CC1. The Labute approximate surface area is 222 Å². The van der Waals surface area contributed by atoms with Crippen LogP contribution in [0.3, 0.4) is 0 Å². The van der Waals surface area contributed by atoms with Crippen molar-refractivity contribution in [2.75, 3.05) is 18.4 Å². The lowest BCUT2D eigenvalue weighted by Crippen LogP contribution is -2.53. The summed E-state index contributed by atoms with van der Waals surface area (Å²) in [7, 11) is 0. The minimum atomic E-state index is -1.36. The Bertz CT molecular complexity index is 1520. The molecule has 5 heterocycles. The largest absolute Gasteiger partial charge is 0.390 e. The number of aliphatic imine (C=N–C) groups is 1. The summed E-state index contributed by atoms with van der Waals surface area (Å²) < 4.78 is 41.5. The summed E-state index contributed by atoms with van der Waals surface area (Å²) in [6, 6.07) is 3.46. The lowest BCUT2D eigenvalue weighted by atomic mass is 9.94. The average molecular weight is 534 g/mol. The molecule has 0 amide bonds. The van der Waals surface area contributed by atoms with E-state index in [1.165, 1.54) is 6.20 Å². The van der Waals surface area contributed by atoms with Crippen molar-refractivity contribution in [2.24, 2.45) is 4.99 Å². The number of nitrogens with zero attached hydrogens (tertiary/aromatic N) is 4. The number of allylic oxidation sites excluding steroid dienone is 2. The van der Waals surface area contributed by atoms with Crippen LogP contribution >= 0.6 is 0 Å². The molecule has 39 heavy (non-hydrogen) atoms. The first-order valence-corrected chi connectivity index (χ1v) is 12.8. The highest BCUT2D eigenvalue weighted by Gasteiger charge is 2.33. The molecule has 0 aromatic carbocycles. The molecule has 2 atom stereocenters. The van der Waals surface area contributed by atoms with Crippen molar-refractivity contribution in [2.45, 2.75) is 37.3 Å². The maximum atomic E-state index is 14.2. The van der Waals surface area contributed by atoms with E-state index >= 15 is 0 Å². The fraction of sp³-hybridized carbons (Fsp3) is 0.286. The van der Waals surface area contributed by atoms with Crippen LogP contribution in [0, 0.1) is 17.6 Å². The van der Waals surface area contributed by atoms with E-state index in [1.807, 2.05) is 12.3 Å². The number of amidine groups is 1. The molecule has 2 fully saturated rings. The standard InChI is InChI=1S/C28H26F3N7O/c1-14-8-21(16-4-7-34-24(9-16)38-28-26(31)19(29)10-23(30)37-28)36-27(35-20-5-6-32-13-22(20)39)25-17(14)11-33-12-18(25)15-2-3-15/h4,7-12,15,20,22,32,39H,1-3,5-6,13H2,(H,35,36)(H,34,37,38)/t20?,22-/m1/s1. The number of nitrogens with one attached hydrogen (secondary N) is 3. The van der Waals surface area contributed by atoms with Gasteiger partial charge in [-0.3, -0.25) is 4.98 Å². The number of rotatable bonds is 5. The van der Waals surface area contributed by atoms with Gasteiger partial charge < -0.3 is 21.1 Å². The molecule has 1 unspecified atom stereocenters. The van der Waals surface area contributed by atoms with Gasteiger partial charge in [-0.05, 0) is 61.1 Å². The van der Waals surface area contributed by atoms with Gasteiger partial charge in [0.15, 0.2) is 11.6 Å². The first kappa shape index (κ1) is 25.2. The fourth-order valence-corrected chi connectivity index (χ4v) is 4.91. The predicted molar refractivity (Wildman–Crippen MR) is 142 cm³/mol. The number of hydrogen-bond donors (Lipinski definition) is 4. The molecular formula is C28H26F3N7O. The Hall–Kier alpha value is -4.09. The van der Waals surface area contributed by atoms with Gasteiger partial charge in [-0.25, -0.2) is 14.4 Å². The number of aliphatic hydroxyl groups excluding tert-OH is 1. The summed E-state index contributed by atoms with van der Waals surface area (Å²) in [4.78, 5) is 17.0. The third kappa shape index (κ3) is 5.15. The number of aliphatic hydroxyl groups is 1. The number of β-amino-alcohol motifs (C(OH)–C–C–N with tert-alkyl or cyclic N) is 1. The first-order valence-electron chi connectivity index (χ1n) is 12.8. The van der Waals surface area contributed by atoms with Crippen LogP contribution < -0.4 is 16.0 Å². The molecule has 1 saturated carbocycles. The molecule has 1 aliphatic carbocycles. The lowest BCUT2D eigenvalue weighted by Gasteiger charge is -2.31. The fourth-order valence-electron chi connectivity index (χ4n) is 4.91. The van der Waals surface area contributed by atoms with Gasteiger partial charge in [-0.2, -0.15) is 13.8 Å². The second-order valence-electron chi connectivity index (χ2n) is 9.90. The number of aromatic nitrogens is 3. The van der Waals surface area contributed by atoms with Crippen LogP contribution in [0.1, 0.15) is 47.4 Å². The van der Waals surface area contributed by atoms with Crippen molar-refractivity contribution in [3.05, 3.63) is 89.3 Å². The smallest absolute Gasteiger partial charge is 0.217 e. The van der Waals surface area contributed by atoms with E-state index in [0.29, 0.717) is 47.6 Å². The molecular weight excluding hydrogens is 507 g/mol. The normalized spacial score (nSPS) is 21.0. The molecule has 3 aromatic heterocycles. The monoisotopic (exact) mass is 533 g/mol. The van der Waals surface area contributed by atoms with Gasteiger partial charge in [0, 0.05) is 47.9 Å². The summed E-state index contributed by atoms with van der Waals surface area (Å²) in [5, 5.41) is 19.9. The zero-order valence-electron chi connectivity index (χ0n) is 20.9. The molecule has 2 aliphatic heterocycles. The molecule has 0 bridgehead atoms. The summed E-state index contributed by atoms with van der Waals surface area (Å²) in [6.07, 6.45) is 9.20. The number of pyridine rings is 3. The molecule has 6 rings (SSSR count). The highest BCUT2D eigenvalue weighted by Crippen LogP contribution is 2.44. The zero-order valence-corrected chi connectivity index (χ0v) is 20.9. The maximum Gasteiger partial charge on any atom is 0.217 e. The van der Waals surface area contributed by atoms with E-state index in [0.717, 1.165) is 36.1 Å². The predicted octanol–water partition coefficient (Wildman–Crippen LogP) is 4.04. The van der Waals surface area contributed by atoms with E-state index in [1.54, 1.807) is 18.3 Å². The van der Waals surface area contributed by atoms with Crippen LogP contribution in [0.4, 0.5) is 24.8 Å². The molecule has 4 N–H and O–H groups in total. The molecule has 11 heteroatoms. The van der Waals surface area contributed by atoms with Crippen molar-refractivity contribution in [3.8, 4) is 0 Å². The van der Waals surface area contributed by atoms with Crippen LogP contribution in [-0.4, -0.2) is 51.1 Å². The highest BCUT2D eigenvalue weighted by atomic mass is 19.2. The van der Waals surface area contributed by atoms with Crippen molar-refractivity contribution >= 4 is 28.7 Å². The Morgan fingerprint density at radius 1 is 1.10 bits per heavy atom. The van der Waals surface area contributed by atoms with Gasteiger partial charge in [0.05, 0.1) is 17.8 Å². The van der Waals surface area contributed by atoms with Crippen LogP contribution in [0.25, 0.3) is 11.3 Å². The molecule has 3 aliphatic rings. The molecule has 8 nitrogen and oxygen atoms in total.